The van der Waals surface area contributed by atoms with E-state index in [0.29, 0.717) is 6.04 Å². The van der Waals surface area contributed by atoms with Crippen molar-refractivity contribution in [3.8, 4) is 0 Å². The number of nitrogens with one attached hydrogen (secondary N) is 1. The van der Waals surface area contributed by atoms with Gasteiger partial charge in [-0.2, -0.15) is 0 Å². The van der Waals surface area contributed by atoms with Crippen molar-refractivity contribution in [2.24, 2.45) is 0 Å². The lowest BCUT2D eigenvalue weighted by Crippen LogP contribution is -2.36. The third-order valence-electron chi connectivity index (χ3n) is 4.64. The van der Waals surface area contributed by atoms with Crippen molar-refractivity contribution >= 4 is 17.6 Å². The average molecular weight is 339 g/mol. The Balaban J connectivity index is 2.04. The predicted octanol–water partition coefficient (Wildman–Crippen LogP) is 3.41. The Labute approximate surface area is 144 Å². The van der Waals surface area contributed by atoms with Crippen LogP contribution < -0.4 is 5.32 Å². The number of nitrogens with zero attached hydrogens (tertiary/aromatic N) is 3. The number of rotatable bonds is 7. The Morgan fingerprint density at radius 1 is 1.30 bits per heavy atom. The molecule has 1 aromatic heterocycles. The molecule has 0 bridgehead atoms. The lowest BCUT2D eigenvalue weighted by molar-refractivity contribution is 0.187. The minimum absolute atomic E-state index is 0.0959. The Morgan fingerprint density at radius 3 is 2.57 bits per heavy atom. The van der Waals surface area contributed by atoms with Gasteiger partial charge >= 0.3 is 0 Å². The summed E-state index contributed by atoms with van der Waals surface area (Å²) in [4.78, 5) is 11.3. The van der Waals surface area contributed by atoms with Gasteiger partial charge in [-0.3, -0.25) is 0 Å². The van der Waals surface area contributed by atoms with E-state index in [-0.39, 0.29) is 5.44 Å². The van der Waals surface area contributed by atoms with Crippen LogP contribution >= 0.6 is 11.8 Å². The highest BCUT2D eigenvalue weighted by atomic mass is 32.2. The Morgan fingerprint density at radius 2 is 2.00 bits per heavy atom. The maximum atomic E-state index is 5.36. The van der Waals surface area contributed by atoms with Crippen molar-refractivity contribution < 1.29 is 4.74 Å². The van der Waals surface area contributed by atoms with Gasteiger partial charge in [0, 0.05) is 24.8 Å². The van der Waals surface area contributed by atoms with Crippen LogP contribution in [-0.2, 0) is 11.2 Å². The quantitative estimate of drug-likeness (QED) is 0.467. The fraction of sp³-hybridized carbons (Fsp3) is 0.765. The van der Waals surface area contributed by atoms with E-state index in [2.05, 4.69) is 41.2 Å². The summed E-state index contributed by atoms with van der Waals surface area (Å²) in [6.07, 6.45) is 7.49. The number of anilines is 1. The van der Waals surface area contributed by atoms with Gasteiger partial charge in [0.1, 0.15) is 22.6 Å². The molecule has 0 aromatic carbocycles. The van der Waals surface area contributed by atoms with Crippen LogP contribution in [0.15, 0.2) is 11.4 Å². The number of ether oxygens (including phenoxy) is 1. The van der Waals surface area contributed by atoms with Crippen molar-refractivity contribution in [1.29, 1.82) is 0 Å². The third-order valence-corrected chi connectivity index (χ3v) is 5.74. The van der Waals surface area contributed by atoms with E-state index in [9.17, 15) is 0 Å². The summed E-state index contributed by atoms with van der Waals surface area (Å²) in [5.74, 6) is 1.00. The monoisotopic (exact) mass is 338 g/mol. The van der Waals surface area contributed by atoms with Crippen LogP contribution in [0.25, 0.3) is 0 Å². The zero-order valence-corrected chi connectivity index (χ0v) is 15.8. The number of aromatic nitrogens is 2. The summed E-state index contributed by atoms with van der Waals surface area (Å²) in [6, 6.07) is 1.24. The molecular weight excluding hydrogens is 308 g/mol. The van der Waals surface area contributed by atoms with Crippen LogP contribution in [0, 0.1) is 0 Å². The van der Waals surface area contributed by atoms with Gasteiger partial charge in [-0.05, 0) is 53.1 Å². The molecule has 1 unspecified atom stereocenters. The number of thioether (sulfide) groups is 1. The topological polar surface area (TPSA) is 50.3 Å². The first kappa shape index (κ1) is 18.5. The van der Waals surface area contributed by atoms with Gasteiger partial charge in [0.05, 0.1) is 0 Å². The molecule has 1 aliphatic rings. The predicted molar refractivity (Wildman–Crippen MR) is 97.1 cm³/mol. The van der Waals surface area contributed by atoms with Gasteiger partial charge in [0.15, 0.2) is 0 Å². The fourth-order valence-corrected chi connectivity index (χ4v) is 3.98. The summed E-state index contributed by atoms with van der Waals surface area (Å²) >= 11 is 1.66. The van der Waals surface area contributed by atoms with Crippen LogP contribution in [0.4, 0.5) is 5.82 Å². The molecule has 1 aromatic rings. The molecule has 1 N–H and O–H groups in total. The lowest BCUT2D eigenvalue weighted by atomic mass is 9.90. The molecule has 23 heavy (non-hydrogen) atoms. The van der Waals surface area contributed by atoms with Gasteiger partial charge in [0.2, 0.25) is 0 Å². The van der Waals surface area contributed by atoms with Crippen LogP contribution in [0.5, 0.6) is 0 Å². The molecule has 1 saturated carbocycles. The molecule has 2 rings (SSSR count). The van der Waals surface area contributed by atoms with E-state index in [0.717, 1.165) is 23.3 Å². The second-order valence-corrected chi connectivity index (χ2v) is 7.68. The van der Waals surface area contributed by atoms with E-state index < -0.39 is 0 Å². The maximum Gasteiger partial charge on any atom is 0.133 e. The molecule has 1 fully saturated rings. The molecular formula is C17H30N4OS. The van der Waals surface area contributed by atoms with Gasteiger partial charge in [-0.1, -0.05) is 18.7 Å². The minimum Gasteiger partial charge on any atom is -0.371 e. The van der Waals surface area contributed by atoms with E-state index in [1.54, 1.807) is 25.2 Å². The van der Waals surface area contributed by atoms with E-state index in [4.69, 9.17) is 4.74 Å². The van der Waals surface area contributed by atoms with Gasteiger partial charge in [0.25, 0.3) is 0 Å². The summed E-state index contributed by atoms with van der Waals surface area (Å²) in [5.41, 5.74) is 1.30. The Bertz CT molecular complexity index is 489. The van der Waals surface area contributed by atoms with Crippen LogP contribution in [0.1, 0.15) is 45.1 Å². The number of methoxy groups -OCH3 is 1. The minimum atomic E-state index is 0.0959. The highest BCUT2D eigenvalue weighted by Gasteiger charge is 2.23. The molecule has 0 radical (unpaired) electrons. The molecule has 0 saturated heterocycles. The first-order valence-corrected chi connectivity index (χ1v) is 9.39. The second kappa shape index (κ2) is 8.85. The lowest BCUT2D eigenvalue weighted by Gasteiger charge is -2.33. The smallest absolute Gasteiger partial charge is 0.133 e. The highest BCUT2D eigenvalue weighted by molar-refractivity contribution is 7.99. The number of hydrogen-bond donors (Lipinski definition) is 1. The molecule has 6 heteroatoms. The van der Waals surface area contributed by atoms with Gasteiger partial charge < -0.3 is 15.0 Å². The second-order valence-electron chi connectivity index (χ2n) is 6.39. The van der Waals surface area contributed by atoms with Crippen LogP contribution in [0.2, 0.25) is 0 Å². The highest BCUT2D eigenvalue weighted by Crippen LogP contribution is 2.31. The maximum absolute atomic E-state index is 5.36. The Hall–Kier alpha value is -0.850. The first-order valence-electron chi connectivity index (χ1n) is 8.51. The molecule has 0 spiro atoms. The molecule has 130 valence electrons. The van der Waals surface area contributed by atoms with E-state index >= 15 is 0 Å². The average Bonchev–Trinajstić information content (AvgIpc) is 2.55. The summed E-state index contributed by atoms with van der Waals surface area (Å²) in [5, 5.41) is 4.70. The van der Waals surface area contributed by atoms with Crippen molar-refractivity contribution in [2.45, 2.75) is 68.5 Å². The summed E-state index contributed by atoms with van der Waals surface area (Å²) < 4.78 is 5.36. The zero-order valence-electron chi connectivity index (χ0n) is 15.0. The molecule has 0 aliphatic heterocycles. The van der Waals surface area contributed by atoms with Gasteiger partial charge in [-0.15, -0.1) is 0 Å². The first-order chi connectivity index (χ1) is 11.0. The molecule has 1 heterocycles. The van der Waals surface area contributed by atoms with Crippen molar-refractivity contribution in [3.63, 3.8) is 0 Å². The van der Waals surface area contributed by atoms with Crippen molar-refractivity contribution in [2.75, 3.05) is 26.5 Å². The third kappa shape index (κ3) is 5.06. The summed E-state index contributed by atoms with van der Waals surface area (Å²) in [6.45, 7) is 4.20. The zero-order chi connectivity index (χ0) is 16.8. The van der Waals surface area contributed by atoms with Gasteiger partial charge in [-0.25, -0.2) is 9.97 Å². The van der Waals surface area contributed by atoms with E-state index in [1.165, 1.54) is 31.2 Å². The Kier molecular flexibility index (Phi) is 7.11. The fourth-order valence-electron chi connectivity index (χ4n) is 3.08. The largest absolute Gasteiger partial charge is 0.371 e. The number of hydrogen-bond acceptors (Lipinski definition) is 6. The standard InChI is InChI=1S/C17H30N4OS/c1-6-15-16(18-11-19-17(15)23-12(2)22-5)20-13-7-9-14(10-8-13)21(3)4/h11-14H,6-10H2,1-5H3,(H,18,19,20)/t12?,13-,14-. The SMILES string of the molecule is CCc1c(N[C@H]2CC[C@H](N(C)C)CC2)ncnc1SC(C)OC. The summed E-state index contributed by atoms with van der Waals surface area (Å²) in [7, 11) is 6.09. The van der Waals surface area contributed by atoms with Crippen LogP contribution in [-0.4, -0.2) is 53.6 Å². The normalized spacial score (nSPS) is 23.0. The molecule has 0 amide bonds. The van der Waals surface area contributed by atoms with Crippen molar-refractivity contribution in [3.05, 3.63) is 11.9 Å². The molecule has 1 atom stereocenters. The van der Waals surface area contributed by atoms with E-state index in [1.807, 2.05) is 6.92 Å². The molecule has 1 aliphatic carbocycles. The molecule has 5 nitrogen and oxygen atoms in total. The van der Waals surface area contributed by atoms with Crippen molar-refractivity contribution in [1.82, 2.24) is 14.9 Å². The van der Waals surface area contributed by atoms with Crippen LogP contribution in [0.3, 0.4) is 0 Å².